The first-order chi connectivity index (χ1) is 10.4. The molecule has 0 fully saturated rings. The zero-order valence-corrected chi connectivity index (χ0v) is 14.5. The number of methoxy groups -OCH3 is 1. The van der Waals surface area contributed by atoms with Crippen molar-refractivity contribution >= 4 is 32.9 Å². The van der Waals surface area contributed by atoms with E-state index in [0.717, 1.165) is 0 Å². The highest BCUT2D eigenvalue weighted by atomic mass is 79.9. The van der Waals surface area contributed by atoms with Crippen LogP contribution in [-0.2, 0) is 11.3 Å². The Morgan fingerprint density at radius 1 is 1.45 bits per heavy atom. The number of carbonyl (C=O) groups is 1. The number of benzene rings is 1. The van der Waals surface area contributed by atoms with Crippen molar-refractivity contribution in [1.29, 1.82) is 0 Å². The number of phenols is 1. The van der Waals surface area contributed by atoms with E-state index in [1.54, 1.807) is 13.0 Å². The number of carbonyl (C=O) groups excluding carboxylic acids is 1. The third-order valence-corrected chi connectivity index (χ3v) is 3.67. The van der Waals surface area contributed by atoms with E-state index in [9.17, 15) is 9.90 Å². The van der Waals surface area contributed by atoms with Crippen molar-refractivity contribution in [2.24, 2.45) is 0 Å². The van der Waals surface area contributed by atoms with Gasteiger partial charge < -0.3 is 23.9 Å². The third-order valence-electron chi connectivity index (χ3n) is 3.08. The SMILES string of the molecule is CCOC(=O)c1c(CN(C)C)oc2cc(Br)c(OC)c(O)c12. The second-order valence-corrected chi connectivity index (χ2v) is 5.83. The second kappa shape index (κ2) is 6.58. The van der Waals surface area contributed by atoms with Crippen LogP contribution in [-0.4, -0.2) is 43.8 Å². The summed E-state index contributed by atoms with van der Waals surface area (Å²) < 4.78 is 16.6. The number of fused-ring (bicyclic) bond motifs is 1. The molecule has 1 heterocycles. The van der Waals surface area contributed by atoms with E-state index in [4.69, 9.17) is 13.9 Å². The maximum atomic E-state index is 12.3. The van der Waals surface area contributed by atoms with E-state index < -0.39 is 5.97 Å². The number of hydrogen-bond donors (Lipinski definition) is 1. The van der Waals surface area contributed by atoms with E-state index in [2.05, 4.69) is 15.9 Å². The molecule has 1 N–H and O–H groups in total. The van der Waals surface area contributed by atoms with Crippen molar-refractivity contribution in [3.63, 3.8) is 0 Å². The zero-order valence-electron chi connectivity index (χ0n) is 12.9. The molecule has 1 aromatic carbocycles. The summed E-state index contributed by atoms with van der Waals surface area (Å²) >= 11 is 3.31. The third kappa shape index (κ3) is 2.91. The van der Waals surface area contributed by atoms with Gasteiger partial charge in [-0.2, -0.15) is 0 Å². The average Bonchev–Trinajstić information content (AvgIpc) is 2.76. The Morgan fingerprint density at radius 2 is 2.14 bits per heavy atom. The lowest BCUT2D eigenvalue weighted by Crippen LogP contribution is -2.14. The van der Waals surface area contributed by atoms with Crippen molar-refractivity contribution in [3.8, 4) is 11.5 Å². The fourth-order valence-electron chi connectivity index (χ4n) is 2.25. The molecule has 0 radical (unpaired) electrons. The lowest BCUT2D eigenvalue weighted by molar-refractivity contribution is 0.0524. The number of aromatic hydroxyl groups is 1. The van der Waals surface area contributed by atoms with Gasteiger partial charge in [-0.3, -0.25) is 0 Å². The Morgan fingerprint density at radius 3 is 2.68 bits per heavy atom. The van der Waals surface area contributed by atoms with E-state index in [0.29, 0.717) is 27.7 Å². The predicted octanol–water partition coefficient (Wildman–Crippen LogP) is 3.15. The summed E-state index contributed by atoms with van der Waals surface area (Å²) in [6.45, 7) is 2.37. The van der Waals surface area contributed by atoms with E-state index >= 15 is 0 Å². The normalized spacial score (nSPS) is 11.2. The molecule has 2 rings (SSSR count). The number of phenolic OH excluding ortho intramolecular Hbond substituents is 1. The molecule has 0 aliphatic rings. The van der Waals surface area contributed by atoms with Crippen molar-refractivity contribution in [2.45, 2.75) is 13.5 Å². The van der Waals surface area contributed by atoms with Gasteiger partial charge in [-0.1, -0.05) is 0 Å². The van der Waals surface area contributed by atoms with Crippen molar-refractivity contribution < 1.29 is 23.8 Å². The molecule has 6 nitrogen and oxygen atoms in total. The Kier molecular flexibility index (Phi) is 4.97. The van der Waals surface area contributed by atoms with Gasteiger partial charge in [0.2, 0.25) is 0 Å². The maximum absolute atomic E-state index is 12.3. The summed E-state index contributed by atoms with van der Waals surface area (Å²) in [6, 6.07) is 1.66. The Hall–Kier alpha value is -1.73. The van der Waals surface area contributed by atoms with Gasteiger partial charge in [0.25, 0.3) is 0 Å². The van der Waals surface area contributed by atoms with Gasteiger partial charge in [-0.25, -0.2) is 4.79 Å². The molecule has 2 aromatic rings. The Labute approximate surface area is 136 Å². The first-order valence-electron chi connectivity index (χ1n) is 6.73. The van der Waals surface area contributed by atoms with E-state index in [-0.39, 0.29) is 23.7 Å². The molecule has 22 heavy (non-hydrogen) atoms. The zero-order chi connectivity index (χ0) is 16.4. The lowest BCUT2D eigenvalue weighted by atomic mass is 10.1. The van der Waals surface area contributed by atoms with Gasteiger partial charge in [-0.05, 0) is 43.0 Å². The molecule has 0 aliphatic carbocycles. The summed E-state index contributed by atoms with van der Waals surface area (Å²) in [5.41, 5.74) is 0.624. The number of nitrogens with zero attached hydrogens (tertiary/aromatic N) is 1. The van der Waals surface area contributed by atoms with Crippen LogP contribution in [0.1, 0.15) is 23.0 Å². The van der Waals surface area contributed by atoms with Gasteiger partial charge in [0.05, 0.1) is 30.1 Å². The van der Waals surface area contributed by atoms with Crippen LogP contribution in [0.5, 0.6) is 11.5 Å². The molecule has 0 amide bonds. The number of esters is 1. The maximum Gasteiger partial charge on any atom is 0.342 e. The summed E-state index contributed by atoms with van der Waals surface area (Å²) in [5, 5.41) is 10.7. The minimum atomic E-state index is -0.530. The molecule has 0 aliphatic heterocycles. The predicted molar refractivity (Wildman–Crippen MR) is 85.5 cm³/mol. The Balaban J connectivity index is 2.76. The molecule has 1 aromatic heterocycles. The van der Waals surface area contributed by atoms with Gasteiger partial charge in [0.15, 0.2) is 11.5 Å². The molecule has 0 spiro atoms. The van der Waals surface area contributed by atoms with Crippen LogP contribution in [0.25, 0.3) is 11.0 Å². The van der Waals surface area contributed by atoms with Crippen LogP contribution in [0.15, 0.2) is 15.0 Å². The van der Waals surface area contributed by atoms with Crippen LogP contribution in [0, 0.1) is 0 Å². The van der Waals surface area contributed by atoms with Crippen LogP contribution in [0.4, 0.5) is 0 Å². The number of ether oxygens (including phenoxy) is 2. The second-order valence-electron chi connectivity index (χ2n) is 4.97. The summed E-state index contributed by atoms with van der Waals surface area (Å²) in [6.07, 6.45) is 0. The first kappa shape index (κ1) is 16.6. The average molecular weight is 372 g/mol. The smallest absolute Gasteiger partial charge is 0.342 e. The number of furan rings is 1. The highest BCUT2D eigenvalue weighted by Crippen LogP contribution is 2.44. The van der Waals surface area contributed by atoms with Gasteiger partial charge in [0.1, 0.15) is 16.9 Å². The number of halogens is 1. The summed E-state index contributed by atoms with van der Waals surface area (Å²) in [5.74, 6) is 0.00520. The quantitative estimate of drug-likeness (QED) is 0.813. The van der Waals surface area contributed by atoms with Crippen LogP contribution < -0.4 is 4.74 Å². The molecule has 0 atom stereocenters. The topological polar surface area (TPSA) is 72.1 Å². The van der Waals surface area contributed by atoms with Crippen LogP contribution >= 0.6 is 15.9 Å². The molecule has 120 valence electrons. The van der Waals surface area contributed by atoms with Gasteiger partial charge >= 0.3 is 5.97 Å². The summed E-state index contributed by atoms with van der Waals surface area (Å²) in [4.78, 5) is 14.2. The van der Waals surface area contributed by atoms with Crippen LogP contribution in [0.2, 0.25) is 0 Å². The monoisotopic (exact) mass is 371 g/mol. The molecule has 0 unspecified atom stereocenters. The number of rotatable bonds is 5. The Bertz CT molecular complexity index is 708. The minimum Gasteiger partial charge on any atom is -0.504 e. The van der Waals surface area contributed by atoms with E-state index in [1.165, 1.54) is 7.11 Å². The fourth-order valence-corrected chi connectivity index (χ4v) is 2.81. The van der Waals surface area contributed by atoms with Crippen molar-refractivity contribution in [3.05, 3.63) is 21.9 Å². The lowest BCUT2D eigenvalue weighted by Gasteiger charge is -2.09. The first-order valence-corrected chi connectivity index (χ1v) is 7.52. The molecule has 0 saturated carbocycles. The van der Waals surface area contributed by atoms with Gasteiger partial charge in [-0.15, -0.1) is 0 Å². The molecular weight excluding hydrogens is 354 g/mol. The molecular formula is C15H18BrNO5. The standard InChI is InChI=1S/C15H18BrNO5/c1-5-21-15(19)12-10(7-17(2)3)22-9-6-8(16)14(20-4)13(18)11(9)12/h6,18H,5,7H2,1-4H3. The fraction of sp³-hybridized carbons (Fsp3) is 0.400. The van der Waals surface area contributed by atoms with Gasteiger partial charge in [0, 0.05) is 0 Å². The highest BCUT2D eigenvalue weighted by Gasteiger charge is 2.27. The van der Waals surface area contributed by atoms with Crippen molar-refractivity contribution in [1.82, 2.24) is 4.90 Å². The molecule has 7 heteroatoms. The van der Waals surface area contributed by atoms with E-state index in [1.807, 2.05) is 19.0 Å². The minimum absolute atomic E-state index is 0.149. The largest absolute Gasteiger partial charge is 0.504 e. The molecule has 0 bridgehead atoms. The molecule has 0 saturated heterocycles. The van der Waals surface area contributed by atoms with Crippen LogP contribution in [0.3, 0.4) is 0 Å². The summed E-state index contributed by atoms with van der Waals surface area (Å²) in [7, 11) is 5.16. The highest BCUT2D eigenvalue weighted by molar-refractivity contribution is 9.10. The van der Waals surface area contributed by atoms with Crippen molar-refractivity contribution in [2.75, 3.05) is 27.8 Å². The number of hydrogen-bond acceptors (Lipinski definition) is 6.